The molecule has 0 radical (unpaired) electrons. The fourth-order valence-electron chi connectivity index (χ4n) is 2.84. The fraction of sp³-hybridized carbons (Fsp3) is 0.143. The summed E-state index contributed by atoms with van der Waals surface area (Å²) in [5.41, 5.74) is 3.81. The van der Waals surface area contributed by atoms with Gasteiger partial charge in [-0.15, -0.1) is 0 Å². The number of halogens is 2. The highest BCUT2D eigenvalue weighted by molar-refractivity contribution is 9.10. The topological polar surface area (TPSA) is 60.3 Å². The van der Waals surface area contributed by atoms with Gasteiger partial charge in [-0.1, -0.05) is 33.6 Å². The standard InChI is InChI=1S/C21H18BrClN2O3/c1-13-6-7-14(2)25(13)17-5-3-4-15(10-17)21(27)28-12-20(26)24-19-9-8-16(22)11-18(19)23/h3-11H,12H2,1-2H3,(H,24,26). The van der Waals surface area contributed by atoms with Gasteiger partial charge in [0, 0.05) is 21.5 Å². The first-order valence-electron chi connectivity index (χ1n) is 8.52. The van der Waals surface area contributed by atoms with Gasteiger partial charge in [-0.3, -0.25) is 4.79 Å². The molecule has 3 aromatic rings. The van der Waals surface area contributed by atoms with Crippen LogP contribution in [0, 0.1) is 13.8 Å². The van der Waals surface area contributed by atoms with Crippen molar-refractivity contribution in [2.75, 3.05) is 11.9 Å². The largest absolute Gasteiger partial charge is 0.452 e. The number of rotatable bonds is 5. The highest BCUT2D eigenvalue weighted by Crippen LogP contribution is 2.25. The van der Waals surface area contributed by atoms with Crippen LogP contribution in [0.15, 0.2) is 59.1 Å². The van der Waals surface area contributed by atoms with Crippen LogP contribution in [0.3, 0.4) is 0 Å². The van der Waals surface area contributed by atoms with Crippen LogP contribution in [0.4, 0.5) is 5.69 Å². The summed E-state index contributed by atoms with van der Waals surface area (Å²) in [7, 11) is 0. The van der Waals surface area contributed by atoms with Crippen molar-refractivity contribution in [1.82, 2.24) is 4.57 Å². The van der Waals surface area contributed by atoms with Gasteiger partial charge in [0.2, 0.25) is 0 Å². The van der Waals surface area contributed by atoms with Crippen LogP contribution in [0.2, 0.25) is 5.02 Å². The number of aryl methyl sites for hydroxylation is 2. The average Bonchev–Trinajstić information content (AvgIpc) is 3.00. The monoisotopic (exact) mass is 460 g/mol. The molecule has 7 heteroatoms. The minimum absolute atomic E-state index is 0.375. The molecule has 0 aliphatic rings. The highest BCUT2D eigenvalue weighted by Gasteiger charge is 2.13. The lowest BCUT2D eigenvalue weighted by atomic mass is 10.2. The summed E-state index contributed by atoms with van der Waals surface area (Å²) in [6.07, 6.45) is 0. The zero-order valence-electron chi connectivity index (χ0n) is 15.3. The van der Waals surface area contributed by atoms with E-state index in [4.69, 9.17) is 16.3 Å². The Morgan fingerprint density at radius 1 is 1.07 bits per heavy atom. The Hall–Kier alpha value is -2.57. The molecule has 1 aromatic heterocycles. The third-order valence-electron chi connectivity index (χ3n) is 4.15. The third-order valence-corrected chi connectivity index (χ3v) is 4.96. The van der Waals surface area contributed by atoms with E-state index in [0.717, 1.165) is 21.5 Å². The number of benzene rings is 2. The minimum Gasteiger partial charge on any atom is -0.452 e. The number of nitrogens with zero attached hydrogens (tertiary/aromatic N) is 1. The maximum Gasteiger partial charge on any atom is 0.338 e. The molecular weight excluding hydrogens is 444 g/mol. The second kappa shape index (κ2) is 8.63. The van der Waals surface area contributed by atoms with E-state index in [2.05, 4.69) is 21.2 Å². The average molecular weight is 462 g/mol. The molecule has 3 rings (SSSR count). The van der Waals surface area contributed by atoms with Gasteiger partial charge in [-0.25, -0.2) is 4.79 Å². The Kier molecular flexibility index (Phi) is 6.21. The van der Waals surface area contributed by atoms with Gasteiger partial charge >= 0.3 is 5.97 Å². The van der Waals surface area contributed by atoms with Crippen LogP contribution in [-0.2, 0) is 9.53 Å². The summed E-state index contributed by atoms with van der Waals surface area (Å²) < 4.78 is 7.99. The Balaban J connectivity index is 1.65. The fourth-order valence-corrected chi connectivity index (χ4v) is 3.56. The molecule has 0 aliphatic heterocycles. The number of carbonyl (C=O) groups is 2. The number of nitrogens with one attached hydrogen (secondary N) is 1. The quantitative estimate of drug-likeness (QED) is 0.524. The normalized spacial score (nSPS) is 10.6. The number of esters is 1. The van der Waals surface area contributed by atoms with Crippen molar-refractivity contribution < 1.29 is 14.3 Å². The van der Waals surface area contributed by atoms with Gasteiger partial charge in [-0.2, -0.15) is 0 Å². The van der Waals surface area contributed by atoms with Crippen LogP contribution >= 0.6 is 27.5 Å². The Bertz CT molecular complexity index is 1030. The van der Waals surface area contributed by atoms with Gasteiger partial charge in [0.05, 0.1) is 16.3 Å². The van der Waals surface area contributed by atoms with E-state index in [0.29, 0.717) is 16.3 Å². The SMILES string of the molecule is Cc1ccc(C)n1-c1cccc(C(=O)OCC(=O)Nc2ccc(Br)cc2Cl)c1. The van der Waals surface area contributed by atoms with Crippen molar-refractivity contribution in [3.8, 4) is 5.69 Å². The number of amides is 1. The Morgan fingerprint density at radius 2 is 1.79 bits per heavy atom. The first-order valence-corrected chi connectivity index (χ1v) is 9.69. The lowest BCUT2D eigenvalue weighted by molar-refractivity contribution is -0.119. The first kappa shape index (κ1) is 20.2. The Labute approximate surface area is 176 Å². The van der Waals surface area contributed by atoms with Crippen molar-refractivity contribution in [2.45, 2.75) is 13.8 Å². The second-order valence-corrected chi connectivity index (χ2v) is 7.57. The van der Waals surface area contributed by atoms with E-state index < -0.39 is 18.5 Å². The number of hydrogen-bond donors (Lipinski definition) is 1. The number of aromatic nitrogens is 1. The molecule has 0 unspecified atom stereocenters. The second-order valence-electron chi connectivity index (χ2n) is 6.25. The molecule has 0 spiro atoms. The molecule has 5 nitrogen and oxygen atoms in total. The molecule has 1 amide bonds. The molecule has 1 N–H and O–H groups in total. The van der Waals surface area contributed by atoms with Crippen LogP contribution < -0.4 is 5.32 Å². The molecular formula is C21H18BrClN2O3. The zero-order valence-corrected chi connectivity index (χ0v) is 17.7. The minimum atomic E-state index is -0.568. The van der Waals surface area contributed by atoms with E-state index in [-0.39, 0.29) is 0 Å². The number of ether oxygens (including phenoxy) is 1. The van der Waals surface area contributed by atoms with Gasteiger partial charge in [-0.05, 0) is 62.4 Å². The summed E-state index contributed by atoms with van der Waals surface area (Å²) in [6.45, 7) is 3.59. The number of carbonyl (C=O) groups excluding carboxylic acids is 2. The van der Waals surface area contributed by atoms with Crippen LogP contribution in [0.25, 0.3) is 5.69 Å². The van der Waals surface area contributed by atoms with Crippen molar-refractivity contribution in [3.05, 3.63) is 81.0 Å². The third kappa shape index (κ3) is 4.64. The lowest BCUT2D eigenvalue weighted by Gasteiger charge is -2.11. The maximum absolute atomic E-state index is 12.4. The predicted molar refractivity (Wildman–Crippen MR) is 113 cm³/mol. The van der Waals surface area contributed by atoms with E-state index in [1.807, 2.05) is 36.6 Å². The molecule has 0 saturated carbocycles. The van der Waals surface area contributed by atoms with Crippen LogP contribution in [0.5, 0.6) is 0 Å². The Morgan fingerprint density at radius 3 is 2.46 bits per heavy atom. The number of hydrogen-bond acceptors (Lipinski definition) is 3. The van der Waals surface area contributed by atoms with Gasteiger partial charge in [0.25, 0.3) is 5.91 Å². The predicted octanol–water partition coefficient (Wildman–Crippen LogP) is 5.31. The molecule has 1 heterocycles. The zero-order chi connectivity index (χ0) is 20.3. The van der Waals surface area contributed by atoms with Crippen molar-refractivity contribution >= 4 is 45.1 Å². The molecule has 28 heavy (non-hydrogen) atoms. The van der Waals surface area contributed by atoms with Crippen molar-refractivity contribution in [3.63, 3.8) is 0 Å². The smallest absolute Gasteiger partial charge is 0.338 e. The first-order chi connectivity index (χ1) is 13.3. The molecule has 0 saturated heterocycles. The van der Waals surface area contributed by atoms with E-state index in [1.54, 1.807) is 36.4 Å². The van der Waals surface area contributed by atoms with Crippen molar-refractivity contribution in [2.24, 2.45) is 0 Å². The summed E-state index contributed by atoms with van der Waals surface area (Å²) in [6, 6.07) is 16.2. The lowest BCUT2D eigenvalue weighted by Crippen LogP contribution is -2.21. The summed E-state index contributed by atoms with van der Waals surface area (Å²) in [4.78, 5) is 24.4. The molecule has 144 valence electrons. The molecule has 0 atom stereocenters. The van der Waals surface area contributed by atoms with Crippen molar-refractivity contribution in [1.29, 1.82) is 0 Å². The molecule has 0 bridgehead atoms. The van der Waals surface area contributed by atoms with E-state index in [9.17, 15) is 9.59 Å². The van der Waals surface area contributed by atoms with Gasteiger partial charge < -0.3 is 14.6 Å². The summed E-state index contributed by atoms with van der Waals surface area (Å²) in [5, 5.41) is 3.01. The van der Waals surface area contributed by atoms with Crippen LogP contribution in [-0.4, -0.2) is 23.1 Å². The molecule has 0 aliphatic carbocycles. The number of anilines is 1. The highest BCUT2D eigenvalue weighted by atomic mass is 79.9. The van der Waals surface area contributed by atoms with E-state index in [1.165, 1.54) is 0 Å². The van der Waals surface area contributed by atoms with Crippen LogP contribution in [0.1, 0.15) is 21.7 Å². The van der Waals surface area contributed by atoms with Gasteiger partial charge in [0.15, 0.2) is 6.61 Å². The summed E-state index contributed by atoms with van der Waals surface area (Å²) in [5.74, 6) is -1.04. The molecule has 2 aromatic carbocycles. The molecule has 0 fully saturated rings. The van der Waals surface area contributed by atoms with E-state index >= 15 is 0 Å². The maximum atomic E-state index is 12.4. The summed E-state index contributed by atoms with van der Waals surface area (Å²) >= 11 is 9.37. The van der Waals surface area contributed by atoms with Gasteiger partial charge in [0.1, 0.15) is 0 Å².